The minimum Gasteiger partial charge on any atom is -0.510 e. The van der Waals surface area contributed by atoms with Crippen molar-refractivity contribution < 1.29 is 14.6 Å². The van der Waals surface area contributed by atoms with Gasteiger partial charge in [-0.3, -0.25) is 5.41 Å². The molecule has 0 fully saturated rings. The van der Waals surface area contributed by atoms with Gasteiger partial charge in [-0.05, 0) is 24.6 Å². The van der Waals surface area contributed by atoms with Crippen LogP contribution in [0.25, 0.3) is 16.8 Å². The maximum Gasteiger partial charge on any atom is 0.161 e. The number of benzene rings is 1. The molecule has 0 unspecified atom stereocenters. The molecule has 0 radical (unpaired) electrons. The van der Waals surface area contributed by atoms with E-state index in [1.165, 1.54) is 11.3 Å². The minimum atomic E-state index is 0.215. The number of rotatable bonds is 6. The number of aliphatic hydroxyl groups excluding tert-OH is 1. The summed E-state index contributed by atoms with van der Waals surface area (Å²) in [5, 5.41) is 21.2. The average molecular weight is 359 g/mol. The quantitative estimate of drug-likeness (QED) is 0.820. The molecule has 1 aliphatic heterocycles. The van der Waals surface area contributed by atoms with Gasteiger partial charge in [0.2, 0.25) is 0 Å². The number of thiazole rings is 1. The van der Waals surface area contributed by atoms with E-state index >= 15 is 0 Å². The van der Waals surface area contributed by atoms with E-state index in [1.807, 2.05) is 28.5 Å². The Balaban J connectivity index is 1.91. The van der Waals surface area contributed by atoms with Crippen LogP contribution in [0.1, 0.15) is 18.4 Å². The molecule has 1 aromatic carbocycles. The van der Waals surface area contributed by atoms with E-state index in [0.717, 1.165) is 24.2 Å². The summed E-state index contributed by atoms with van der Waals surface area (Å²) >= 11 is 1.42. The van der Waals surface area contributed by atoms with Crippen LogP contribution < -0.4 is 9.47 Å². The number of aliphatic hydroxyl groups is 1. The van der Waals surface area contributed by atoms with E-state index in [4.69, 9.17) is 14.9 Å². The van der Waals surface area contributed by atoms with Gasteiger partial charge < -0.3 is 19.5 Å². The van der Waals surface area contributed by atoms with Gasteiger partial charge in [-0.1, -0.05) is 6.92 Å². The molecule has 25 heavy (non-hydrogen) atoms. The molecule has 0 aliphatic carbocycles. The van der Waals surface area contributed by atoms with Gasteiger partial charge >= 0.3 is 0 Å². The van der Waals surface area contributed by atoms with Crippen molar-refractivity contribution in [3.8, 4) is 22.8 Å². The lowest BCUT2D eigenvalue weighted by atomic mass is 10.1. The number of hydrogen-bond acceptors (Lipinski definition) is 6. The highest BCUT2D eigenvalue weighted by molar-refractivity contribution is 7.11. The summed E-state index contributed by atoms with van der Waals surface area (Å²) in [5.74, 6) is 1.86. The van der Waals surface area contributed by atoms with Crippen molar-refractivity contribution in [1.82, 2.24) is 9.88 Å². The van der Waals surface area contributed by atoms with E-state index in [-0.39, 0.29) is 5.76 Å². The Labute approximate surface area is 150 Å². The highest BCUT2D eigenvalue weighted by Crippen LogP contribution is 2.35. The summed E-state index contributed by atoms with van der Waals surface area (Å²) in [6, 6.07) is 5.62. The van der Waals surface area contributed by atoms with Crippen LogP contribution in [0.2, 0.25) is 0 Å². The van der Waals surface area contributed by atoms with Crippen molar-refractivity contribution in [3.05, 3.63) is 34.3 Å². The highest BCUT2D eigenvalue weighted by Gasteiger charge is 2.29. The predicted molar refractivity (Wildman–Crippen MR) is 99.8 cm³/mol. The number of amidine groups is 1. The van der Waals surface area contributed by atoms with Crippen molar-refractivity contribution in [2.45, 2.75) is 13.3 Å². The molecule has 132 valence electrons. The number of methoxy groups -OCH3 is 2. The van der Waals surface area contributed by atoms with Crippen molar-refractivity contribution in [2.24, 2.45) is 0 Å². The molecule has 7 heteroatoms. The summed E-state index contributed by atoms with van der Waals surface area (Å²) < 4.78 is 10.6. The fourth-order valence-corrected chi connectivity index (χ4v) is 3.73. The molecule has 0 bridgehead atoms. The first kappa shape index (κ1) is 17.3. The first-order valence-electron chi connectivity index (χ1n) is 8.03. The van der Waals surface area contributed by atoms with E-state index in [1.54, 1.807) is 14.2 Å². The summed E-state index contributed by atoms with van der Waals surface area (Å²) in [5.41, 5.74) is 2.21. The molecular weight excluding hydrogens is 338 g/mol. The average Bonchev–Trinajstić information content (AvgIpc) is 3.19. The van der Waals surface area contributed by atoms with Gasteiger partial charge in [0.15, 0.2) is 11.5 Å². The summed E-state index contributed by atoms with van der Waals surface area (Å²) in [6.07, 6.45) is 0.928. The van der Waals surface area contributed by atoms with Gasteiger partial charge in [0, 0.05) is 17.5 Å². The zero-order valence-electron chi connectivity index (χ0n) is 14.5. The van der Waals surface area contributed by atoms with Crippen LogP contribution in [-0.2, 0) is 0 Å². The molecule has 6 nitrogen and oxygen atoms in total. The Morgan fingerprint density at radius 3 is 2.72 bits per heavy atom. The normalized spacial score (nSPS) is 14.4. The van der Waals surface area contributed by atoms with Gasteiger partial charge in [-0.15, -0.1) is 11.3 Å². The van der Waals surface area contributed by atoms with Crippen LogP contribution in [0, 0.1) is 5.41 Å². The van der Waals surface area contributed by atoms with E-state index in [2.05, 4.69) is 11.9 Å². The van der Waals surface area contributed by atoms with Gasteiger partial charge in [0.05, 0.1) is 32.0 Å². The molecule has 0 atom stereocenters. The third-order valence-electron chi connectivity index (χ3n) is 4.07. The number of nitrogens with zero attached hydrogens (tertiary/aromatic N) is 2. The molecule has 2 N–H and O–H groups in total. The summed E-state index contributed by atoms with van der Waals surface area (Å²) in [4.78, 5) is 6.49. The summed E-state index contributed by atoms with van der Waals surface area (Å²) in [6.45, 7) is 3.19. The molecule has 1 aliphatic rings. The lowest BCUT2D eigenvalue weighted by Gasteiger charge is -2.16. The lowest BCUT2D eigenvalue weighted by Crippen LogP contribution is -2.27. The highest BCUT2D eigenvalue weighted by atomic mass is 32.1. The molecule has 0 amide bonds. The fourth-order valence-electron chi connectivity index (χ4n) is 2.84. The van der Waals surface area contributed by atoms with Gasteiger partial charge in [-0.25, -0.2) is 4.98 Å². The van der Waals surface area contributed by atoms with Crippen molar-refractivity contribution in [3.63, 3.8) is 0 Å². The Kier molecular flexibility index (Phi) is 4.94. The van der Waals surface area contributed by atoms with E-state index < -0.39 is 0 Å². The zero-order valence-corrected chi connectivity index (χ0v) is 15.3. The number of aromatic nitrogens is 1. The standard InChI is InChI=1S/C18H21N3O3S/c1-4-7-21-9-13(22)16(17(21)19)18-20-12(10-25-18)11-5-6-14(23-2)15(8-11)24-3/h5-6,8,10,19,22H,4,7,9H2,1-3H3. The van der Waals surface area contributed by atoms with E-state index in [9.17, 15) is 5.11 Å². The molecule has 3 rings (SSSR count). The second-order valence-electron chi connectivity index (χ2n) is 5.70. The second-order valence-corrected chi connectivity index (χ2v) is 6.56. The van der Waals surface area contributed by atoms with Gasteiger partial charge in [0.1, 0.15) is 16.6 Å². The van der Waals surface area contributed by atoms with Crippen LogP contribution in [0.3, 0.4) is 0 Å². The Morgan fingerprint density at radius 2 is 2.04 bits per heavy atom. The van der Waals surface area contributed by atoms with Crippen LogP contribution >= 0.6 is 11.3 Å². The number of nitrogens with one attached hydrogen (secondary N) is 1. The monoisotopic (exact) mass is 359 g/mol. The second kappa shape index (κ2) is 7.14. The number of hydrogen-bond donors (Lipinski definition) is 2. The molecule has 0 saturated heterocycles. The first-order valence-corrected chi connectivity index (χ1v) is 8.91. The van der Waals surface area contributed by atoms with Crippen LogP contribution in [0.15, 0.2) is 29.3 Å². The van der Waals surface area contributed by atoms with Crippen LogP contribution in [0.4, 0.5) is 0 Å². The third kappa shape index (κ3) is 3.19. The van der Waals surface area contributed by atoms with Gasteiger partial charge in [-0.2, -0.15) is 0 Å². The lowest BCUT2D eigenvalue weighted by molar-refractivity contribution is 0.350. The number of ether oxygens (including phenoxy) is 2. The van der Waals surface area contributed by atoms with Crippen molar-refractivity contribution >= 4 is 22.7 Å². The largest absolute Gasteiger partial charge is 0.510 e. The predicted octanol–water partition coefficient (Wildman–Crippen LogP) is 3.80. The molecule has 0 saturated carbocycles. The molecule has 2 heterocycles. The smallest absolute Gasteiger partial charge is 0.161 e. The zero-order chi connectivity index (χ0) is 18.0. The molecular formula is C18H21N3O3S. The van der Waals surface area contributed by atoms with Crippen molar-refractivity contribution in [1.29, 1.82) is 5.41 Å². The Hall–Kier alpha value is -2.54. The summed E-state index contributed by atoms with van der Waals surface area (Å²) in [7, 11) is 3.20. The SMILES string of the molecule is CCCN1CC(O)=C(c2nc(-c3ccc(OC)c(OC)c3)cs2)C1=N. The first-order chi connectivity index (χ1) is 12.1. The van der Waals surface area contributed by atoms with Crippen LogP contribution in [0.5, 0.6) is 11.5 Å². The molecule has 0 spiro atoms. The Bertz CT molecular complexity index is 829. The van der Waals surface area contributed by atoms with Gasteiger partial charge in [0.25, 0.3) is 0 Å². The van der Waals surface area contributed by atoms with Crippen molar-refractivity contribution in [2.75, 3.05) is 27.3 Å². The van der Waals surface area contributed by atoms with E-state index in [0.29, 0.717) is 34.5 Å². The minimum absolute atomic E-state index is 0.215. The maximum absolute atomic E-state index is 10.3. The topological polar surface area (TPSA) is 78.7 Å². The Morgan fingerprint density at radius 1 is 1.28 bits per heavy atom. The maximum atomic E-state index is 10.3. The fraction of sp³-hybridized carbons (Fsp3) is 0.333. The van der Waals surface area contributed by atoms with Crippen LogP contribution in [-0.4, -0.2) is 48.1 Å². The third-order valence-corrected chi connectivity index (χ3v) is 4.93. The molecule has 2 aromatic rings. The molecule has 1 aromatic heterocycles.